The first-order valence-electron chi connectivity index (χ1n) is 30.2. The van der Waals surface area contributed by atoms with Gasteiger partial charge >= 0.3 is 5.97 Å². The van der Waals surface area contributed by atoms with E-state index in [2.05, 4.69) is 21.3 Å². The number of hydrogen-bond acceptors (Lipinski definition) is 38. The van der Waals surface area contributed by atoms with Gasteiger partial charge in [-0.25, -0.2) is 4.79 Å². The van der Waals surface area contributed by atoms with Crippen LogP contribution >= 0.6 is 0 Å². The van der Waals surface area contributed by atoms with Crippen molar-refractivity contribution < 1.29 is 193 Å². The molecule has 0 aromatic rings. The lowest BCUT2D eigenvalue weighted by atomic mass is 9.88. The molecule has 25 N–H and O–H groups in total. The zero-order chi connectivity index (χ0) is 71.3. The third-order valence-corrected chi connectivity index (χ3v) is 17.1. The number of nitrogens with one attached hydrogen (secondary N) is 4. The summed E-state index contributed by atoms with van der Waals surface area (Å²) in [6, 6.07) is -7.03. The topological polar surface area (TPSA) is 678 Å². The van der Waals surface area contributed by atoms with Crippen molar-refractivity contribution in [2.24, 2.45) is 0 Å². The summed E-state index contributed by atoms with van der Waals surface area (Å²) < 4.78 is 74.9. The van der Waals surface area contributed by atoms with Crippen molar-refractivity contribution in [3.63, 3.8) is 0 Å². The summed E-state index contributed by atoms with van der Waals surface area (Å²) >= 11 is 0. The number of carboxylic acid groups (broad SMARTS) is 1. The molecule has 0 aromatic heterocycles. The van der Waals surface area contributed by atoms with Crippen molar-refractivity contribution in [1.82, 2.24) is 21.3 Å². The maximum absolute atomic E-state index is 13.1. The number of amides is 4. The fourth-order valence-electron chi connectivity index (χ4n) is 12.2. The first-order chi connectivity index (χ1) is 45.2. The number of aliphatic hydroxyl groups excluding tert-OH is 20. The molecule has 0 bridgehead atoms. The maximum atomic E-state index is 13.1. The largest absolute Gasteiger partial charge is 0.477 e. The minimum absolute atomic E-state index is 0.788. The summed E-state index contributed by atoms with van der Waals surface area (Å²) in [7, 11) is 0. The average molecular weight is 1410 g/mol. The van der Waals surface area contributed by atoms with E-state index in [1.807, 2.05) is 0 Å². The van der Waals surface area contributed by atoms with Crippen molar-refractivity contribution in [1.29, 1.82) is 0 Å². The molecule has 0 unspecified atom stereocenters. The second kappa shape index (κ2) is 34.1. The van der Waals surface area contributed by atoms with Gasteiger partial charge < -0.3 is 190 Å². The number of aliphatic carboxylic acids is 1. The fraction of sp³-hybridized carbons (Fsp3) is 0.906. The molecular weight excluding hydrogens is 1320 g/mol. The minimum atomic E-state index is -3.23. The van der Waals surface area contributed by atoms with Crippen LogP contribution in [0.25, 0.3) is 0 Å². The first-order valence-corrected chi connectivity index (χ1v) is 30.2. The van der Waals surface area contributed by atoms with Gasteiger partial charge in [-0.2, -0.15) is 0 Å². The zero-order valence-electron chi connectivity index (χ0n) is 51.6. The number of carboxylic acids is 1. The van der Waals surface area contributed by atoms with Crippen LogP contribution in [0.3, 0.4) is 0 Å². The maximum Gasteiger partial charge on any atom is 0.364 e. The van der Waals surface area contributed by atoms with Gasteiger partial charge in [0.25, 0.3) is 5.79 Å². The highest BCUT2D eigenvalue weighted by Crippen LogP contribution is 2.40. The van der Waals surface area contributed by atoms with Gasteiger partial charge in [-0.1, -0.05) is 0 Å². The molecule has 96 heavy (non-hydrogen) atoms. The third kappa shape index (κ3) is 17.5. The van der Waals surface area contributed by atoms with Crippen LogP contribution in [0.4, 0.5) is 0 Å². The number of rotatable bonds is 26. The molecule has 554 valence electrons. The van der Waals surface area contributed by atoms with Crippen molar-refractivity contribution in [2.45, 2.75) is 254 Å². The number of carbonyl (C=O) groups is 5. The van der Waals surface area contributed by atoms with E-state index >= 15 is 0 Å². The van der Waals surface area contributed by atoms with Gasteiger partial charge in [0.1, 0.15) is 165 Å². The first kappa shape index (κ1) is 79.4. The highest BCUT2D eigenvalue weighted by atomic mass is 16.8. The van der Waals surface area contributed by atoms with E-state index in [0.717, 1.165) is 27.7 Å². The minimum Gasteiger partial charge on any atom is -0.477 e. The van der Waals surface area contributed by atoms with Gasteiger partial charge in [-0.05, 0) is 0 Å². The Labute approximate surface area is 543 Å². The van der Waals surface area contributed by atoms with E-state index in [0.29, 0.717) is 0 Å². The molecule has 7 aliphatic rings. The summed E-state index contributed by atoms with van der Waals surface area (Å²) in [4.78, 5) is 62.9. The van der Waals surface area contributed by atoms with Gasteiger partial charge in [0.15, 0.2) is 37.7 Å². The van der Waals surface area contributed by atoms with E-state index in [1.54, 1.807) is 0 Å². The second-order valence-corrected chi connectivity index (χ2v) is 24.0. The normalized spacial score (nSPS) is 46.0. The molecule has 0 aromatic carbocycles. The number of aliphatic hydroxyl groups is 20. The van der Waals surface area contributed by atoms with E-state index in [9.17, 15) is 131 Å². The van der Waals surface area contributed by atoms with Crippen LogP contribution in [0.1, 0.15) is 34.1 Å². The Morgan fingerprint density at radius 1 is 0.427 bits per heavy atom. The molecule has 43 heteroatoms. The van der Waals surface area contributed by atoms with Crippen molar-refractivity contribution in [3.05, 3.63) is 0 Å². The summed E-state index contributed by atoms with van der Waals surface area (Å²) in [5.41, 5.74) is 0. The van der Waals surface area contributed by atoms with Gasteiger partial charge in [-0.15, -0.1) is 0 Å². The zero-order valence-corrected chi connectivity index (χ0v) is 51.6. The van der Waals surface area contributed by atoms with Gasteiger partial charge in [0, 0.05) is 34.1 Å². The molecule has 7 fully saturated rings. The molecule has 0 aliphatic carbocycles. The number of ether oxygens (including phenoxy) is 13. The highest BCUT2D eigenvalue weighted by Gasteiger charge is 2.62. The molecule has 7 heterocycles. The number of hydrogen-bond donors (Lipinski definition) is 25. The summed E-state index contributed by atoms with van der Waals surface area (Å²) in [6.45, 7) is -3.50. The Balaban J connectivity index is 1.08. The highest BCUT2D eigenvalue weighted by molar-refractivity contribution is 5.77. The van der Waals surface area contributed by atoms with Crippen LogP contribution in [0, 0.1) is 0 Å². The van der Waals surface area contributed by atoms with E-state index in [1.165, 1.54) is 0 Å². The van der Waals surface area contributed by atoms with E-state index < -0.39 is 303 Å². The van der Waals surface area contributed by atoms with Crippen LogP contribution < -0.4 is 21.3 Å². The Morgan fingerprint density at radius 2 is 0.823 bits per heavy atom. The SMILES string of the molecule is CC(=O)N[C@@H]1[C@@H](O[C@@H]2O[C@H](CO)[C@H](O)[C@H](O)[C@H]2O)[C@@H](O)[C@@H](CO[C@@H]2O[C@H](CO)[C@@H](O[C@@H]3O[C@H](CO)[C@H](O)[C@H](O[C@@H]4O[C@H](CO)[C@@H](O[C@@H]5O[C@H](CO)[C@H](O)[C@H](O[C@]6(C(=O)O)C[C@H](O)[C@@H](NC(C)=O)[C@H]([C@H](O)[C@H](O)CO)O6)[C@H]5O)[C@H](O)[C@H]4NC(C)=O)[C@H]3O)[C@H](O)[C@H]2NC(C)=O)O[C@@H]1O. The Bertz CT molecular complexity index is 2540. The van der Waals surface area contributed by atoms with E-state index in [-0.39, 0.29) is 0 Å². The van der Waals surface area contributed by atoms with Gasteiger partial charge in [0.05, 0.1) is 58.4 Å². The molecule has 0 spiro atoms. The van der Waals surface area contributed by atoms with Crippen molar-refractivity contribution >= 4 is 29.6 Å². The molecule has 7 aliphatic heterocycles. The average Bonchev–Trinajstić information content (AvgIpc) is 0.765. The molecule has 4 amide bonds. The van der Waals surface area contributed by atoms with Gasteiger partial charge in [0.2, 0.25) is 23.6 Å². The standard InChI is InChI=1S/C53H88N4O39/c1-13(64)54-25-17(68)5-53(52(82)83,95-43(25)29(70)18(69)6-58)96-45-32(73)21(9-61)88-51(39(45)80)92-41-23(11-63)90-48(27(35(41)76)56-15(3)66)94-44-31(72)20(8-60)87-50(38(44)79)91-40-22(10-62)89-47(26(34(40)75)55-14(2)65)84-12-24-33(74)42(28(46(81)85-24)57-16(4)67)93-49-37(78)36(77)30(71)19(7-59)86-49/h17-51,58-63,68-81H,5-12H2,1-4H3,(H,54,64)(H,55,65)(H,56,66)(H,57,67)(H,82,83)/t17-,18+,19+,20+,21+,22+,23+,24+,25+,26+,27+,28+,29+,30-,31-,32-,33-,34+,35+,36-,37+,38+,39+,40+,41+,42+,43+,44-,45-,46-,47+,48-,49-,50-,51-,53-/m0/s1. The Kier molecular flexibility index (Phi) is 28.2. The molecular formula is C53H88N4O39. The van der Waals surface area contributed by atoms with Crippen LogP contribution in [0.15, 0.2) is 0 Å². The van der Waals surface area contributed by atoms with E-state index in [4.69, 9.17) is 61.6 Å². The predicted octanol–water partition coefficient (Wildman–Crippen LogP) is -16.5. The molecule has 7 rings (SSSR count). The monoisotopic (exact) mass is 1400 g/mol. The third-order valence-electron chi connectivity index (χ3n) is 17.1. The summed E-state index contributed by atoms with van der Waals surface area (Å²) in [5.74, 6) is -8.77. The smallest absolute Gasteiger partial charge is 0.364 e. The summed E-state index contributed by atoms with van der Waals surface area (Å²) in [6.07, 6.45) is -64.1. The van der Waals surface area contributed by atoms with Crippen LogP contribution in [-0.2, 0) is 85.6 Å². The van der Waals surface area contributed by atoms with Crippen molar-refractivity contribution in [2.75, 3.05) is 46.2 Å². The molecule has 0 saturated carbocycles. The Morgan fingerprint density at radius 3 is 1.30 bits per heavy atom. The molecule has 36 atom stereocenters. The van der Waals surface area contributed by atoms with Crippen LogP contribution in [0.5, 0.6) is 0 Å². The fourth-order valence-corrected chi connectivity index (χ4v) is 12.2. The quantitative estimate of drug-likeness (QED) is 0.0382. The van der Waals surface area contributed by atoms with Crippen LogP contribution in [-0.4, -0.2) is 403 Å². The van der Waals surface area contributed by atoms with Crippen molar-refractivity contribution in [3.8, 4) is 0 Å². The second-order valence-electron chi connectivity index (χ2n) is 24.0. The van der Waals surface area contributed by atoms with Crippen LogP contribution in [0.2, 0.25) is 0 Å². The molecule has 0 radical (unpaired) electrons. The lowest BCUT2D eigenvalue weighted by Crippen LogP contribution is -2.71. The molecule has 43 nitrogen and oxygen atoms in total. The Hall–Kier alpha value is -3.97. The summed E-state index contributed by atoms with van der Waals surface area (Å²) in [5, 5.41) is 238. The lowest BCUT2D eigenvalue weighted by Gasteiger charge is -2.51. The van der Waals surface area contributed by atoms with Gasteiger partial charge in [-0.3, -0.25) is 19.2 Å². The molecule has 7 saturated heterocycles. The predicted molar refractivity (Wildman–Crippen MR) is 295 cm³/mol. The lowest BCUT2D eigenvalue weighted by molar-refractivity contribution is -0.389. The number of carbonyl (C=O) groups excluding carboxylic acids is 4.